The first kappa shape index (κ1) is 13.7. The topological polar surface area (TPSA) is 29.5 Å². The smallest absolute Gasteiger partial charge is 0.410 e. The summed E-state index contributed by atoms with van der Waals surface area (Å²) in [6.07, 6.45) is 2.19. The second-order valence-corrected chi connectivity index (χ2v) is 7.99. The average Bonchev–Trinajstić information content (AvgIpc) is 2.71. The van der Waals surface area contributed by atoms with Crippen LogP contribution in [0, 0.1) is 17.3 Å². The maximum atomic E-state index is 12.1. The lowest BCUT2D eigenvalue weighted by molar-refractivity contribution is 0.0107. The highest BCUT2D eigenvalue weighted by Gasteiger charge is 2.50. The Labute approximate surface area is 111 Å². The number of hydrogen-bond donors (Lipinski definition) is 0. The highest BCUT2D eigenvalue weighted by molar-refractivity contribution is 5.69. The molecule has 1 saturated heterocycles. The molecule has 0 radical (unpaired) electrons. The molecule has 1 heterocycles. The van der Waals surface area contributed by atoms with E-state index >= 15 is 0 Å². The number of piperidine rings is 1. The lowest BCUT2D eigenvalue weighted by Crippen LogP contribution is -2.44. The van der Waals surface area contributed by atoms with Crippen molar-refractivity contribution < 1.29 is 9.53 Å². The van der Waals surface area contributed by atoms with E-state index in [-0.39, 0.29) is 11.7 Å². The van der Waals surface area contributed by atoms with Gasteiger partial charge in [0.1, 0.15) is 5.60 Å². The third kappa shape index (κ3) is 2.65. The van der Waals surface area contributed by atoms with Gasteiger partial charge >= 0.3 is 6.09 Å². The van der Waals surface area contributed by atoms with Crippen LogP contribution in [0.25, 0.3) is 0 Å². The summed E-state index contributed by atoms with van der Waals surface area (Å²) in [6, 6.07) is 0.411. The van der Waals surface area contributed by atoms with Gasteiger partial charge in [0.25, 0.3) is 0 Å². The van der Waals surface area contributed by atoms with Crippen LogP contribution < -0.4 is 0 Å². The summed E-state index contributed by atoms with van der Waals surface area (Å²) in [5.74, 6) is 1.42. The summed E-state index contributed by atoms with van der Waals surface area (Å²) in [4.78, 5) is 14.1. The molecule has 1 amide bonds. The Bertz CT molecular complexity index is 337. The van der Waals surface area contributed by atoms with E-state index in [9.17, 15) is 4.79 Å². The van der Waals surface area contributed by atoms with E-state index in [0.717, 1.165) is 18.9 Å². The minimum absolute atomic E-state index is 0.123. The van der Waals surface area contributed by atoms with Crippen LogP contribution in [0.2, 0.25) is 0 Å². The number of hydrogen-bond acceptors (Lipinski definition) is 2. The average molecular weight is 253 g/mol. The van der Waals surface area contributed by atoms with Crippen molar-refractivity contribution in [1.29, 1.82) is 0 Å². The molecule has 2 rings (SSSR count). The molecule has 1 aliphatic carbocycles. The summed E-state index contributed by atoms with van der Waals surface area (Å²) < 4.78 is 5.48. The summed E-state index contributed by atoms with van der Waals surface area (Å²) >= 11 is 0. The number of nitrogens with zero attached hydrogens (tertiary/aromatic N) is 1. The van der Waals surface area contributed by atoms with Crippen molar-refractivity contribution in [3.05, 3.63) is 0 Å². The SMILES string of the molecule is CC(C)(C)OC(=O)N1CC2CC1CC2C(C)(C)C. The van der Waals surface area contributed by atoms with Crippen LogP contribution in [0.15, 0.2) is 0 Å². The van der Waals surface area contributed by atoms with Crippen LogP contribution in [-0.2, 0) is 4.74 Å². The van der Waals surface area contributed by atoms with Gasteiger partial charge in [0.2, 0.25) is 0 Å². The lowest BCUT2D eigenvalue weighted by Gasteiger charge is -2.38. The van der Waals surface area contributed by atoms with E-state index in [2.05, 4.69) is 20.8 Å². The molecule has 3 nitrogen and oxygen atoms in total. The minimum atomic E-state index is -0.387. The summed E-state index contributed by atoms with van der Waals surface area (Å²) in [7, 11) is 0. The summed E-state index contributed by atoms with van der Waals surface area (Å²) in [5.41, 5.74) is -0.0260. The molecule has 3 unspecified atom stereocenters. The Hall–Kier alpha value is -0.730. The molecule has 104 valence electrons. The first-order valence-electron chi connectivity index (χ1n) is 7.07. The predicted molar refractivity (Wildman–Crippen MR) is 72.4 cm³/mol. The second kappa shape index (κ2) is 4.14. The molecule has 18 heavy (non-hydrogen) atoms. The van der Waals surface area contributed by atoms with E-state index in [4.69, 9.17) is 4.74 Å². The monoisotopic (exact) mass is 253 g/mol. The highest BCUT2D eigenvalue weighted by atomic mass is 16.6. The molecule has 2 bridgehead atoms. The van der Waals surface area contributed by atoms with Gasteiger partial charge in [0.15, 0.2) is 0 Å². The van der Waals surface area contributed by atoms with Crippen LogP contribution >= 0.6 is 0 Å². The summed E-state index contributed by atoms with van der Waals surface area (Å²) in [6.45, 7) is 13.6. The van der Waals surface area contributed by atoms with Crippen molar-refractivity contribution in [3.63, 3.8) is 0 Å². The molecule has 0 aromatic carbocycles. The highest BCUT2D eigenvalue weighted by Crippen LogP contribution is 2.49. The summed E-state index contributed by atoms with van der Waals surface area (Å²) in [5, 5.41) is 0. The third-order valence-corrected chi connectivity index (χ3v) is 4.28. The van der Waals surface area contributed by atoms with Crippen LogP contribution in [0.4, 0.5) is 4.79 Å². The van der Waals surface area contributed by atoms with Gasteiger partial charge in [-0.15, -0.1) is 0 Å². The molecule has 0 aromatic heterocycles. The zero-order valence-electron chi connectivity index (χ0n) is 12.6. The first-order valence-corrected chi connectivity index (χ1v) is 7.07. The van der Waals surface area contributed by atoms with Crippen LogP contribution in [0.1, 0.15) is 54.4 Å². The minimum Gasteiger partial charge on any atom is -0.444 e. The largest absolute Gasteiger partial charge is 0.444 e. The predicted octanol–water partition coefficient (Wildman–Crippen LogP) is 3.68. The van der Waals surface area contributed by atoms with Gasteiger partial charge in [-0.25, -0.2) is 4.79 Å². The Morgan fingerprint density at radius 2 is 1.72 bits per heavy atom. The van der Waals surface area contributed by atoms with Gasteiger partial charge in [-0.1, -0.05) is 20.8 Å². The fourth-order valence-electron chi connectivity index (χ4n) is 3.56. The van der Waals surface area contributed by atoms with E-state index in [1.807, 2.05) is 25.7 Å². The first-order chi connectivity index (χ1) is 8.08. The van der Waals surface area contributed by atoms with Gasteiger partial charge in [0.05, 0.1) is 0 Å². The van der Waals surface area contributed by atoms with Crippen molar-refractivity contribution >= 4 is 6.09 Å². The number of likely N-dealkylation sites (tertiary alicyclic amines) is 1. The maximum Gasteiger partial charge on any atom is 0.410 e. The normalized spacial score (nSPS) is 31.9. The molecule has 0 spiro atoms. The molecule has 3 atom stereocenters. The van der Waals surface area contributed by atoms with Gasteiger partial charge in [-0.05, 0) is 50.9 Å². The quantitative estimate of drug-likeness (QED) is 0.659. The second-order valence-electron chi connectivity index (χ2n) is 7.99. The fourth-order valence-corrected chi connectivity index (χ4v) is 3.56. The van der Waals surface area contributed by atoms with Crippen molar-refractivity contribution in [3.8, 4) is 0 Å². The molecule has 2 aliphatic rings. The zero-order valence-corrected chi connectivity index (χ0v) is 12.6. The number of rotatable bonds is 0. The van der Waals surface area contributed by atoms with Crippen molar-refractivity contribution in [2.45, 2.75) is 66.0 Å². The van der Waals surface area contributed by atoms with Crippen LogP contribution in [0.5, 0.6) is 0 Å². The molecule has 1 saturated carbocycles. The van der Waals surface area contributed by atoms with Crippen molar-refractivity contribution in [1.82, 2.24) is 4.90 Å². The Morgan fingerprint density at radius 3 is 2.11 bits per heavy atom. The maximum absolute atomic E-state index is 12.1. The van der Waals surface area contributed by atoms with Gasteiger partial charge in [0, 0.05) is 12.6 Å². The molecule has 1 aliphatic heterocycles. The Balaban J connectivity index is 1.97. The zero-order chi connectivity index (χ0) is 13.7. The van der Waals surface area contributed by atoms with E-state index in [1.54, 1.807) is 0 Å². The molecule has 2 fully saturated rings. The van der Waals surface area contributed by atoms with Crippen LogP contribution in [0.3, 0.4) is 0 Å². The molecular formula is C15H27NO2. The Morgan fingerprint density at radius 1 is 1.11 bits per heavy atom. The van der Waals surface area contributed by atoms with Gasteiger partial charge in [-0.3, -0.25) is 0 Å². The number of carbonyl (C=O) groups excluding carboxylic acids is 1. The fraction of sp³-hybridized carbons (Fsp3) is 0.933. The number of carbonyl (C=O) groups is 1. The van der Waals surface area contributed by atoms with E-state index < -0.39 is 0 Å². The van der Waals surface area contributed by atoms with Gasteiger partial charge < -0.3 is 9.64 Å². The standard InChI is InChI=1S/C15H27NO2/c1-14(2,3)12-8-11-7-10(12)9-16(11)13(17)18-15(4,5)6/h10-12H,7-9H2,1-6H3. The van der Waals surface area contributed by atoms with E-state index in [1.165, 1.54) is 6.42 Å². The van der Waals surface area contributed by atoms with Gasteiger partial charge in [-0.2, -0.15) is 0 Å². The Kier molecular flexibility index (Phi) is 3.15. The lowest BCUT2D eigenvalue weighted by atomic mass is 9.74. The molecule has 0 aromatic rings. The van der Waals surface area contributed by atoms with Crippen molar-refractivity contribution in [2.24, 2.45) is 17.3 Å². The molecular weight excluding hydrogens is 226 g/mol. The van der Waals surface area contributed by atoms with Crippen LogP contribution in [-0.4, -0.2) is 29.2 Å². The number of amides is 1. The number of fused-ring (bicyclic) bond motifs is 2. The third-order valence-electron chi connectivity index (χ3n) is 4.28. The van der Waals surface area contributed by atoms with Crippen molar-refractivity contribution in [2.75, 3.05) is 6.54 Å². The molecule has 3 heteroatoms. The molecule has 0 N–H and O–H groups in total. The van der Waals surface area contributed by atoms with E-state index in [0.29, 0.717) is 17.4 Å². The number of ether oxygens (including phenoxy) is 1.